The minimum absolute atomic E-state index is 0.108. The van der Waals surface area contributed by atoms with Gasteiger partial charge in [0.15, 0.2) is 0 Å². The Balaban J connectivity index is 1.90. The Hall–Kier alpha value is -2.16. The number of carbonyl (C=O) groups excluding carboxylic acids is 2. The molecule has 1 aliphatic carbocycles. The maximum absolute atomic E-state index is 13.6. The van der Waals surface area contributed by atoms with Crippen LogP contribution in [-0.2, 0) is 16.1 Å². The minimum atomic E-state index is -1.48. The maximum atomic E-state index is 13.6. The average molecular weight is 471 g/mol. The summed E-state index contributed by atoms with van der Waals surface area (Å²) in [5.41, 5.74) is 0.846. The standard InChI is InChI=1S/C23H36F2N2O4Si/c1-27(23(29)30-10-11-32(2,3)4)15-19(12-18-13-20(24)21(25)14-18)26-22(28)31-16-17-8-6-5-7-9-17/h5-9,18-21H,10-16H2,1-4H3,(H,26,28)/t18?,19-,20-,21+/m0/s1. The number of benzene rings is 1. The van der Waals surface area contributed by atoms with Gasteiger partial charge in [-0.3, -0.25) is 0 Å². The summed E-state index contributed by atoms with van der Waals surface area (Å²) in [5, 5.41) is 2.76. The summed E-state index contributed by atoms with van der Waals surface area (Å²) < 4.78 is 37.9. The second kappa shape index (κ2) is 12.2. The van der Waals surface area contributed by atoms with Gasteiger partial charge in [0, 0.05) is 21.7 Å². The fourth-order valence-corrected chi connectivity index (χ4v) is 4.41. The van der Waals surface area contributed by atoms with Crippen molar-refractivity contribution in [3.05, 3.63) is 35.9 Å². The Kier molecular flexibility index (Phi) is 9.93. The molecule has 0 radical (unpaired) electrons. The maximum Gasteiger partial charge on any atom is 0.409 e. The van der Waals surface area contributed by atoms with Gasteiger partial charge in [-0.25, -0.2) is 18.4 Å². The summed E-state index contributed by atoms with van der Waals surface area (Å²) in [4.78, 5) is 26.1. The zero-order valence-electron chi connectivity index (χ0n) is 19.5. The van der Waals surface area contributed by atoms with E-state index in [1.165, 1.54) is 4.90 Å². The van der Waals surface area contributed by atoms with Crippen molar-refractivity contribution in [2.45, 2.75) is 69.9 Å². The summed E-state index contributed by atoms with van der Waals surface area (Å²) in [6.45, 7) is 7.22. The fourth-order valence-electron chi connectivity index (χ4n) is 3.69. The van der Waals surface area contributed by atoms with Crippen molar-refractivity contribution < 1.29 is 27.8 Å². The van der Waals surface area contributed by atoms with Crippen molar-refractivity contribution in [2.75, 3.05) is 20.2 Å². The molecule has 1 unspecified atom stereocenters. The Morgan fingerprint density at radius 2 is 1.75 bits per heavy atom. The number of hydrogen-bond donors (Lipinski definition) is 1. The van der Waals surface area contributed by atoms with E-state index in [0.29, 0.717) is 13.0 Å². The lowest BCUT2D eigenvalue weighted by Gasteiger charge is -2.27. The van der Waals surface area contributed by atoms with Crippen LogP contribution in [-0.4, -0.2) is 63.7 Å². The van der Waals surface area contributed by atoms with Crippen molar-refractivity contribution in [1.29, 1.82) is 0 Å². The van der Waals surface area contributed by atoms with E-state index in [0.717, 1.165) is 11.6 Å². The van der Waals surface area contributed by atoms with Crippen molar-refractivity contribution in [3.63, 3.8) is 0 Å². The number of halogens is 2. The van der Waals surface area contributed by atoms with E-state index in [-0.39, 0.29) is 31.9 Å². The Bertz CT molecular complexity index is 722. The van der Waals surface area contributed by atoms with Gasteiger partial charge < -0.3 is 19.7 Å². The van der Waals surface area contributed by atoms with Crippen LogP contribution in [0.3, 0.4) is 0 Å². The predicted molar refractivity (Wildman–Crippen MR) is 123 cm³/mol. The smallest absolute Gasteiger partial charge is 0.409 e. The van der Waals surface area contributed by atoms with E-state index in [1.807, 2.05) is 30.3 Å². The molecule has 0 aliphatic heterocycles. The Morgan fingerprint density at radius 1 is 1.12 bits per heavy atom. The number of alkyl halides is 2. The molecule has 1 aromatic rings. The molecular weight excluding hydrogens is 434 g/mol. The first-order valence-corrected chi connectivity index (χ1v) is 14.9. The number of alkyl carbamates (subject to hydrolysis) is 1. The summed E-state index contributed by atoms with van der Waals surface area (Å²) >= 11 is 0. The number of rotatable bonds is 10. The van der Waals surface area contributed by atoms with E-state index >= 15 is 0 Å². The molecule has 0 heterocycles. The molecule has 1 fully saturated rings. The van der Waals surface area contributed by atoms with Crippen molar-refractivity contribution in [3.8, 4) is 0 Å². The molecular formula is C23H36F2N2O4Si. The molecule has 0 bridgehead atoms. The quantitative estimate of drug-likeness (QED) is 0.480. The van der Waals surface area contributed by atoms with Crippen molar-refractivity contribution in [1.82, 2.24) is 10.2 Å². The number of nitrogens with zero attached hydrogens (tertiary/aromatic N) is 1. The van der Waals surface area contributed by atoms with E-state index in [9.17, 15) is 18.4 Å². The van der Waals surface area contributed by atoms with Gasteiger partial charge in [0.05, 0.1) is 12.6 Å². The predicted octanol–water partition coefficient (Wildman–Crippen LogP) is 5.16. The number of nitrogens with one attached hydrogen (secondary N) is 1. The van der Waals surface area contributed by atoms with Crippen LogP contribution in [0.25, 0.3) is 0 Å². The van der Waals surface area contributed by atoms with Gasteiger partial charge in [-0.05, 0) is 36.8 Å². The number of ether oxygens (including phenoxy) is 2. The topological polar surface area (TPSA) is 67.9 Å². The third-order valence-corrected chi connectivity index (χ3v) is 7.25. The first kappa shape index (κ1) is 26.1. The molecule has 0 saturated heterocycles. The van der Waals surface area contributed by atoms with Gasteiger partial charge in [-0.1, -0.05) is 50.0 Å². The fraction of sp³-hybridized carbons (Fsp3) is 0.652. The highest BCUT2D eigenvalue weighted by Crippen LogP contribution is 2.33. The summed E-state index contributed by atoms with van der Waals surface area (Å²) in [6.07, 6.45) is -3.49. The molecule has 0 spiro atoms. The third-order valence-electron chi connectivity index (χ3n) is 5.55. The van der Waals surface area contributed by atoms with E-state index in [1.54, 1.807) is 7.05 Å². The summed E-state index contributed by atoms with van der Waals surface area (Å²) in [5.74, 6) is -0.212. The van der Waals surface area contributed by atoms with Gasteiger partial charge in [-0.15, -0.1) is 0 Å². The molecule has 180 valence electrons. The number of hydrogen-bond acceptors (Lipinski definition) is 4. The SMILES string of the molecule is CN(C[C@H](CC1C[C@@H](F)[C@@H](F)C1)NC(=O)OCc1ccccc1)C(=O)OCC[Si](C)(C)C. The summed E-state index contributed by atoms with van der Waals surface area (Å²) in [7, 11) is 0.261. The molecule has 1 N–H and O–H groups in total. The van der Waals surface area contributed by atoms with Crippen LogP contribution in [0.5, 0.6) is 0 Å². The van der Waals surface area contributed by atoms with Crippen LogP contribution >= 0.6 is 0 Å². The molecule has 4 atom stereocenters. The zero-order valence-corrected chi connectivity index (χ0v) is 20.5. The molecule has 0 aromatic heterocycles. The van der Waals surface area contributed by atoms with Crippen molar-refractivity contribution >= 4 is 20.3 Å². The highest BCUT2D eigenvalue weighted by molar-refractivity contribution is 6.76. The van der Waals surface area contributed by atoms with E-state index in [2.05, 4.69) is 25.0 Å². The van der Waals surface area contributed by atoms with Gasteiger partial charge in [-0.2, -0.15) is 0 Å². The normalized spacial score (nSPS) is 21.6. The highest BCUT2D eigenvalue weighted by Gasteiger charge is 2.36. The minimum Gasteiger partial charge on any atom is -0.450 e. The van der Waals surface area contributed by atoms with Crippen molar-refractivity contribution in [2.24, 2.45) is 5.92 Å². The van der Waals surface area contributed by atoms with Crippen LogP contribution in [0, 0.1) is 5.92 Å². The molecule has 2 amide bonds. The lowest BCUT2D eigenvalue weighted by Crippen LogP contribution is -2.45. The molecule has 9 heteroatoms. The van der Waals surface area contributed by atoms with Gasteiger partial charge in [0.2, 0.25) is 0 Å². The van der Waals surface area contributed by atoms with Crippen LogP contribution in [0.2, 0.25) is 25.7 Å². The summed E-state index contributed by atoms with van der Waals surface area (Å²) in [6, 6.07) is 9.61. The van der Waals surface area contributed by atoms with Crippen LogP contribution in [0.1, 0.15) is 24.8 Å². The number of amides is 2. The van der Waals surface area contributed by atoms with Crippen LogP contribution in [0.15, 0.2) is 30.3 Å². The molecule has 6 nitrogen and oxygen atoms in total. The van der Waals surface area contributed by atoms with Gasteiger partial charge in [0.1, 0.15) is 19.0 Å². The Morgan fingerprint density at radius 3 is 2.34 bits per heavy atom. The lowest BCUT2D eigenvalue weighted by atomic mass is 9.98. The monoisotopic (exact) mass is 470 g/mol. The largest absolute Gasteiger partial charge is 0.450 e. The van der Waals surface area contributed by atoms with Gasteiger partial charge in [0.25, 0.3) is 0 Å². The highest BCUT2D eigenvalue weighted by atomic mass is 28.3. The second-order valence-electron chi connectivity index (χ2n) is 9.81. The zero-order chi connectivity index (χ0) is 23.7. The van der Waals surface area contributed by atoms with E-state index in [4.69, 9.17) is 9.47 Å². The molecule has 1 saturated carbocycles. The van der Waals surface area contributed by atoms with Crippen LogP contribution in [0.4, 0.5) is 18.4 Å². The number of likely N-dealkylation sites (N-methyl/N-ethyl adjacent to an activating group) is 1. The van der Waals surface area contributed by atoms with E-state index < -0.39 is 38.6 Å². The molecule has 1 aliphatic rings. The van der Waals surface area contributed by atoms with Gasteiger partial charge >= 0.3 is 12.2 Å². The molecule has 32 heavy (non-hydrogen) atoms. The second-order valence-corrected chi connectivity index (χ2v) is 15.4. The first-order valence-electron chi connectivity index (χ1n) is 11.2. The molecule has 2 rings (SSSR count). The Labute approximate surface area is 190 Å². The lowest BCUT2D eigenvalue weighted by molar-refractivity contribution is 0.106. The number of carbonyl (C=O) groups is 2. The first-order chi connectivity index (χ1) is 15.0. The average Bonchev–Trinajstić information content (AvgIpc) is 3.02. The van der Waals surface area contributed by atoms with Crippen LogP contribution < -0.4 is 5.32 Å². The third kappa shape index (κ3) is 9.54. The molecule has 1 aromatic carbocycles.